The summed E-state index contributed by atoms with van der Waals surface area (Å²) in [4.78, 5) is 3.98. The van der Waals surface area contributed by atoms with Crippen molar-refractivity contribution in [2.24, 2.45) is 17.9 Å². The van der Waals surface area contributed by atoms with Crippen LogP contribution in [0.4, 0.5) is 0 Å². The number of amidine groups is 1. The normalized spacial score (nSPS) is 11.8. The van der Waals surface area contributed by atoms with E-state index in [0.29, 0.717) is 5.84 Å². The molecule has 3 N–H and O–H groups in total. The van der Waals surface area contributed by atoms with Crippen molar-refractivity contribution in [2.75, 3.05) is 7.05 Å². The number of aliphatic imine (C=N–C) groups is 1. The largest absolute Gasteiger partial charge is 0.308 e. The molecule has 5 heteroatoms. The van der Waals surface area contributed by atoms with Gasteiger partial charge in [-0.05, 0) is 6.92 Å². The van der Waals surface area contributed by atoms with Crippen molar-refractivity contribution in [2.45, 2.75) is 6.92 Å². The predicted molar refractivity (Wildman–Crippen MR) is 47.7 cm³/mol. The Morgan fingerprint density at radius 3 is 2.75 bits per heavy atom. The molecular formula is C7H13N5. The van der Waals surface area contributed by atoms with Crippen LogP contribution in [0, 0.1) is 6.92 Å². The molecule has 0 radical (unpaired) electrons. The number of aryl methyl sites for hydroxylation is 1. The number of nitrogens with zero attached hydrogens (tertiary/aromatic N) is 3. The lowest BCUT2D eigenvalue weighted by molar-refractivity contribution is 0.739. The van der Waals surface area contributed by atoms with Gasteiger partial charge in [-0.1, -0.05) is 0 Å². The molecule has 1 aromatic rings. The van der Waals surface area contributed by atoms with E-state index in [2.05, 4.69) is 15.5 Å². The Kier molecular flexibility index (Phi) is 2.44. The maximum Gasteiger partial charge on any atom is 0.145 e. The molecule has 0 atom stereocenters. The fourth-order valence-corrected chi connectivity index (χ4v) is 0.994. The Morgan fingerprint density at radius 1 is 1.75 bits per heavy atom. The Morgan fingerprint density at radius 2 is 2.42 bits per heavy atom. The molecule has 1 aromatic heterocycles. The van der Waals surface area contributed by atoms with Gasteiger partial charge in [0.25, 0.3) is 0 Å². The van der Waals surface area contributed by atoms with Crippen LogP contribution >= 0.6 is 0 Å². The average molecular weight is 167 g/mol. The van der Waals surface area contributed by atoms with Gasteiger partial charge in [-0.2, -0.15) is 5.10 Å². The van der Waals surface area contributed by atoms with Crippen LogP contribution in [-0.2, 0) is 7.05 Å². The molecule has 0 aliphatic heterocycles. The first-order valence-electron chi connectivity index (χ1n) is 3.63. The SMILES string of the molecule is CN=C(NN)c1cnn(C)c1C. The van der Waals surface area contributed by atoms with Crippen molar-refractivity contribution < 1.29 is 0 Å². The number of rotatable bonds is 1. The van der Waals surface area contributed by atoms with Crippen LogP contribution in [-0.4, -0.2) is 22.7 Å². The Hall–Kier alpha value is -1.36. The van der Waals surface area contributed by atoms with E-state index < -0.39 is 0 Å². The van der Waals surface area contributed by atoms with Gasteiger partial charge >= 0.3 is 0 Å². The molecule has 0 amide bonds. The fraction of sp³-hybridized carbons (Fsp3) is 0.429. The van der Waals surface area contributed by atoms with E-state index in [1.165, 1.54) is 0 Å². The molecule has 12 heavy (non-hydrogen) atoms. The molecule has 0 saturated carbocycles. The first-order valence-corrected chi connectivity index (χ1v) is 3.63. The zero-order chi connectivity index (χ0) is 9.14. The molecule has 5 nitrogen and oxygen atoms in total. The number of nitrogens with two attached hydrogens (primary N) is 1. The van der Waals surface area contributed by atoms with E-state index in [9.17, 15) is 0 Å². The minimum absolute atomic E-state index is 0.653. The first kappa shape index (κ1) is 8.73. The molecule has 0 aliphatic rings. The monoisotopic (exact) mass is 167 g/mol. The molecule has 0 aromatic carbocycles. The van der Waals surface area contributed by atoms with E-state index in [1.807, 2.05) is 14.0 Å². The van der Waals surface area contributed by atoms with E-state index in [4.69, 9.17) is 5.84 Å². The van der Waals surface area contributed by atoms with Crippen molar-refractivity contribution in [1.29, 1.82) is 0 Å². The zero-order valence-corrected chi connectivity index (χ0v) is 7.50. The van der Waals surface area contributed by atoms with Crippen LogP contribution in [0.3, 0.4) is 0 Å². The summed E-state index contributed by atoms with van der Waals surface area (Å²) in [6.45, 7) is 1.96. The van der Waals surface area contributed by atoms with Gasteiger partial charge in [-0.3, -0.25) is 9.67 Å². The first-order chi connectivity index (χ1) is 5.70. The second-order valence-electron chi connectivity index (χ2n) is 2.48. The molecule has 0 saturated heterocycles. The summed E-state index contributed by atoms with van der Waals surface area (Å²) in [5.41, 5.74) is 4.49. The molecule has 0 aliphatic carbocycles. The third-order valence-electron chi connectivity index (χ3n) is 1.85. The smallest absolute Gasteiger partial charge is 0.145 e. The summed E-state index contributed by atoms with van der Waals surface area (Å²) in [6, 6.07) is 0. The molecule has 66 valence electrons. The number of hydrogen-bond acceptors (Lipinski definition) is 3. The van der Waals surface area contributed by atoms with Gasteiger partial charge in [0.15, 0.2) is 0 Å². The Balaban J connectivity index is 3.10. The highest BCUT2D eigenvalue weighted by atomic mass is 15.3. The Bertz CT molecular complexity index is 299. The molecule has 0 spiro atoms. The third kappa shape index (κ3) is 1.31. The lowest BCUT2D eigenvalue weighted by Gasteiger charge is -2.02. The van der Waals surface area contributed by atoms with Crippen molar-refractivity contribution in [3.8, 4) is 0 Å². The highest BCUT2D eigenvalue weighted by molar-refractivity contribution is 5.99. The van der Waals surface area contributed by atoms with Crippen LogP contribution in [0.15, 0.2) is 11.2 Å². The summed E-state index contributed by atoms with van der Waals surface area (Å²) in [7, 11) is 3.56. The van der Waals surface area contributed by atoms with Crippen molar-refractivity contribution >= 4 is 5.84 Å². The standard InChI is InChI=1S/C7H13N5/c1-5-6(4-10-12(5)3)7(9-2)11-8/h4H,8H2,1-3H3,(H,9,11). The zero-order valence-electron chi connectivity index (χ0n) is 7.50. The third-order valence-corrected chi connectivity index (χ3v) is 1.85. The lowest BCUT2D eigenvalue weighted by atomic mass is 10.2. The van der Waals surface area contributed by atoms with Crippen LogP contribution < -0.4 is 11.3 Å². The minimum Gasteiger partial charge on any atom is -0.308 e. The summed E-state index contributed by atoms with van der Waals surface area (Å²) >= 11 is 0. The lowest BCUT2D eigenvalue weighted by Crippen LogP contribution is -2.31. The van der Waals surface area contributed by atoms with Gasteiger partial charge in [0.05, 0.1) is 11.8 Å². The maximum absolute atomic E-state index is 5.28. The minimum atomic E-state index is 0.653. The van der Waals surface area contributed by atoms with E-state index in [1.54, 1.807) is 17.9 Å². The molecule has 1 heterocycles. The number of aromatic nitrogens is 2. The fourth-order valence-electron chi connectivity index (χ4n) is 0.994. The number of nitrogens with one attached hydrogen (secondary N) is 1. The van der Waals surface area contributed by atoms with Gasteiger partial charge in [0, 0.05) is 19.8 Å². The topological polar surface area (TPSA) is 68.2 Å². The average Bonchev–Trinajstić information content (AvgIpc) is 2.38. The molecule has 0 fully saturated rings. The van der Waals surface area contributed by atoms with Gasteiger partial charge in [0.1, 0.15) is 5.84 Å². The summed E-state index contributed by atoms with van der Waals surface area (Å²) in [6.07, 6.45) is 1.73. The van der Waals surface area contributed by atoms with E-state index in [-0.39, 0.29) is 0 Å². The summed E-state index contributed by atoms with van der Waals surface area (Å²) < 4.78 is 1.78. The van der Waals surface area contributed by atoms with Crippen LogP contribution in [0.5, 0.6) is 0 Å². The predicted octanol–water partition coefficient (Wildman–Crippen LogP) is -0.432. The Labute approximate surface area is 71.3 Å². The van der Waals surface area contributed by atoms with E-state index >= 15 is 0 Å². The summed E-state index contributed by atoms with van der Waals surface area (Å²) in [5, 5.41) is 4.07. The van der Waals surface area contributed by atoms with E-state index in [0.717, 1.165) is 11.3 Å². The van der Waals surface area contributed by atoms with Gasteiger partial charge in [-0.15, -0.1) is 0 Å². The van der Waals surface area contributed by atoms with Gasteiger partial charge in [0.2, 0.25) is 0 Å². The van der Waals surface area contributed by atoms with Gasteiger partial charge < -0.3 is 5.43 Å². The number of hydrazine groups is 1. The van der Waals surface area contributed by atoms with Crippen LogP contribution in [0.2, 0.25) is 0 Å². The van der Waals surface area contributed by atoms with Crippen LogP contribution in [0.1, 0.15) is 11.3 Å². The highest BCUT2D eigenvalue weighted by Crippen LogP contribution is 2.04. The highest BCUT2D eigenvalue weighted by Gasteiger charge is 2.07. The second-order valence-corrected chi connectivity index (χ2v) is 2.48. The molecule has 0 bridgehead atoms. The number of hydrogen-bond donors (Lipinski definition) is 2. The molecular weight excluding hydrogens is 154 g/mol. The second kappa shape index (κ2) is 3.36. The van der Waals surface area contributed by atoms with Crippen molar-refractivity contribution in [3.63, 3.8) is 0 Å². The van der Waals surface area contributed by atoms with Crippen molar-refractivity contribution in [3.05, 3.63) is 17.5 Å². The quantitative estimate of drug-likeness (QED) is 0.258. The molecule has 1 rings (SSSR count). The van der Waals surface area contributed by atoms with Crippen molar-refractivity contribution in [1.82, 2.24) is 15.2 Å². The van der Waals surface area contributed by atoms with Crippen LogP contribution in [0.25, 0.3) is 0 Å². The summed E-state index contributed by atoms with van der Waals surface area (Å²) in [5.74, 6) is 5.93. The molecule has 0 unspecified atom stereocenters. The van der Waals surface area contributed by atoms with Gasteiger partial charge in [-0.25, -0.2) is 5.84 Å². The maximum atomic E-state index is 5.28.